The van der Waals surface area contributed by atoms with Crippen LogP contribution in [0.15, 0.2) is 12.1 Å². The van der Waals surface area contributed by atoms with Gasteiger partial charge in [-0.3, -0.25) is 0 Å². The van der Waals surface area contributed by atoms with E-state index in [0.717, 1.165) is 36.1 Å². The molecular weight excluding hydrogens is 240 g/mol. The summed E-state index contributed by atoms with van der Waals surface area (Å²) >= 11 is 0. The van der Waals surface area contributed by atoms with E-state index in [4.69, 9.17) is 9.47 Å². The van der Waals surface area contributed by atoms with Crippen LogP contribution in [0, 0.1) is 13.8 Å². The molecular formula is C16H24O3. The smallest absolute Gasteiger partial charge is 0.128 e. The summed E-state index contributed by atoms with van der Waals surface area (Å²) in [7, 11) is 3.39. The third-order valence-electron chi connectivity index (χ3n) is 4.40. The van der Waals surface area contributed by atoms with Gasteiger partial charge in [-0.15, -0.1) is 0 Å². The Kier molecular flexibility index (Phi) is 4.16. The molecule has 1 saturated carbocycles. The molecule has 19 heavy (non-hydrogen) atoms. The van der Waals surface area contributed by atoms with Crippen molar-refractivity contribution in [2.45, 2.75) is 51.2 Å². The summed E-state index contributed by atoms with van der Waals surface area (Å²) in [6.07, 6.45) is 3.54. The number of rotatable bonds is 3. The minimum Gasteiger partial charge on any atom is -0.496 e. The Bertz CT molecular complexity index is 456. The van der Waals surface area contributed by atoms with E-state index < -0.39 is 5.60 Å². The zero-order valence-electron chi connectivity index (χ0n) is 12.3. The molecule has 0 saturated heterocycles. The number of aliphatic hydroxyl groups is 1. The zero-order chi connectivity index (χ0) is 14.0. The van der Waals surface area contributed by atoms with Crippen LogP contribution in [0.25, 0.3) is 0 Å². The van der Waals surface area contributed by atoms with E-state index in [-0.39, 0.29) is 6.10 Å². The molecule has 2 atom stereocenters. The van der Waals surface area contributed by atoms with Crippen molar-refractivity contribution in [3.05, 3.63) is 28.8 Å². The molecule has 1 aliphatic carbocycles. The highest BCUT2D eigenvalue weighted by molar-refractivity contribution is 5.48. The quantitative estimate of drug-likeness (QED) is 0.911. The average molecular weight is 264 g/mol. The van der Waals surface area contributed by atoms with Gasteiger partial charge in [0, 0.05) is 19.1 Å². The van der Waals surface area contributed by atoms with E-state index in [1.807, 2.05) is 13.0 Å². The van der Waals surface area contributed by atoms with Crippen LogP contribution in [-0.4, -0.2) is 25.4 Å². The third-order valence-corrected chi connectivity index (χ3v) is 4.40. The van der Waals surface area contributed by atoms with Crippen LogP contribution in [0.2, 0.25) is 0 Å². The molecule has 0 heterocycles. The van der Waals surface area contributed by atoms with E-state index in [1.54, 1.807) is 14.2 Å². The Labute approximate surface area is 115 Å². The highest BCUT2D eigenvalue weighted by atomic mass is 16.5. The minimum absolute atomic E-state index is 0.130. The van der Waals surface area contributed by atoms with E-state index in [9.17, 15) is 5.11 Å². The highest BCUT2D eigenvalue weighted by Gasteiger charge is 2.38. The van der Waals surface area contributed by atoms with Crippen molar-refractivity contribution in [3.63, 3.8) is 0 Å². The summed E-state index contributed by atoms with van der Waals surface area (Å²) in [6, 6.07) is 4.06. The predicted octanol–water partition coefficient (Wildman–Crippen LogP) is 3.09. The van der Waals surface area contributed by atoms with Crippen molar-refractivity contribution in [2.24, 2.45) is 0 Å². The standard InChI is InChI=1S/C16H24O3/c1-11-7-8-14(15(19-4)12(11)2)16(17)9-5-6-13(10-16)18-3/h7-8,13,17H,5-6,9-10H2,1-4H3. The second kappa shape index (κ2) is 5.51. The first-order chi connectivity index (χ1) is 9.01. The molecule has 2 rings (SSSR count). The molecule has 1 fully saturated rings. The van der Waals surface area contributed by atoms with Gasteiger partial charge in [0.15, 0.2) is 0 Å². The lowest BCUT2D eigenvalue weighted by molar-refractivity contribution is -0.0642. The van der Waals surface area contributed by atoms with Gasteiger partial charge in [0.25, 0.3) is 0 Å². The fourth-order valence-electron chi connectivity index (χ4n) is 3.07. The maximum atomic E-state index is 11.0. The maximum Gasteiger partial charge on any atom is 0.128 e. The van der Waals surface area contributed by atoms with Gasteiger partial charge in [-0.25, -0.2) is 0 Å². The monoisotopic (exact) mass is 264 g/mol. The van der Waals surface area contributed by atoms with Crippen molar-refractivity contribution in [1.29, 1.82) is 0 Å². The second-order valence-corrected chi connectivity index (χ2v) is 5.57. The topological polar surface area (TPSA) is 38.7 Å². The summed E-state index contributed by atoms with van der Waals surface area (Å²) in [6.45, 7) is 4.10. The van der Waals surface area contributed by atoms with Crippen LogP contribution in [0.5, 0.6) is 5.75 Å². The minimum atomic E-state index is -0.831. The van der Waals surface area contributed by atoms with Crippen LogP contribution in [0.4, 0.5) is 0 Å². The molecule has 0 spiro atoms. The normalized spacial score (nSPS) is 27.3. The summed E-state index contributed by atoms with van der Waals surface area (Å²) in [5, 5.41) is 11.0. The van der Waals surface area contributed by atoms with Gasteiger partial charge in [-0.2, -0.15) is 0 Å². The number of ether oxygens (including phenoxy) is 2. The Balaban J connectivity index is 2.42. The molecule has 1 aromatic rings. The Morgan fingerprint density at radius 3 is 2.63 bits per heavy atom. The molecule has 106 valence electrons. The van der Waals surface area contributed by atoms with Crippen molar-refractivity contribution in [3.8, 4) is 5.75 Å². The molecule has 0 bridgehead atoms. The number of aryl methyl sites for hydroxylation is 1. The second-order valence-electron chi connectivity index (χ2n) is 5.57. The molecule has 0 aromatic heterocycles. The SMILES string of the molecule is COc1c(C2(O)CCCC(OC)C2)ccc(C)c1C. The first-order valence-electron chi connectivity index (χ1n) is 6.91. The van der Waals surface area contributed by atoms with Crippen molar-refractivity contribution in [2.75, 3.05) is 14.2 Å². The van der Waals surface area contributed by atoms with Gasteiger partial charge in [0.2, 0.25) is 0 Å². The molecule has 0 amide bonds. The lowest BCUT2D eigenvalue weighted by Crippen LogP contribution is -2.36. The van der Waals surface area contributed by atoms with E-state index >= 15 is 0 Å². The molecule has 1 aromatic carbocycles. The fourth-order valence-corrected chi connectivity index (χ4v) is 3.07. The van der Waals surface area contributed by atoms with E-state index in [2.05, 4.69) is 13.0 Å². The lowest BCUT2D eigenvalue weighted by Gasteiger charge is -2.37. The van der Waals surface area contributed by atoms with Crippen LogP contribution >= 0.6 is 0 Å². The van der Waals surface area contributed by atoms with Crippen LogP contribution in [0.3, 0.4) is 0 Å². The third kappa shape index (κ3) is 2.63. The summed E-state index contributed by atoms with van der Waals surface area (Å²) in [5.41, 5.74) is 2.36. The van der Waals surface area contributed by atoms with Crippen molar-refractivity contribution >= 4 is 0 Å². The number of benzene rings is 1. The number of hydrogen-bond acceptors (Lipinski definition) is 3. The Morgan fingerprint density at radius 1 is 1.26 bits per heavy atom. The van der Waals surface area contributed by atoms with Crippen LogP contribution < -0.4 is 4.74 Å². The van der Waals surface area contributed by atoms with Crippen molar-refractivity contribution < 1.29 is 14.6 Å². The van der Waals surface area contributed by atoms with Crippen LogP contribution in [0.1, 0.15) is 42.4 Å². The molecule has 1 aliphatic rings. The fraction of sp³-hybridized carbons (Fsp3) is 0.625. The summed E-state index contributed by atoms with van der Waals surface area (Å²) in [5.74, 6) is 0.819. The Morgan fingerprint density at radius 2 is 2.00 bits per heavy atom. The first kappa shape index (κ1) is 14.4. The molecule has 0 radical (unpaired) electrons. The highest BCUT2D eigenvalue weighted by Crippen LogP contribution is 2.43. The maximum absolute atomic E-state index is 11.0. The summed E-state index contributed by atoms with van der Waals surface area (Å²) in [4.78, 5) is 0. The van der Waals surface area contributed by atoms with Gasteiger partial charge >= 0.3 is 0 Å². The largest absolute Gasteiger partial charge is 0.496 e. The molecule has 2 unspecified atom stereocenters. The number of hydrogen-bond donors (Lipinski definition) is 1. The van der Waals surface area contributed by atoms with Gasteiger partial charge in [0.1, 0.15) is 5.75 Å². The predicted molar refractivity (Wildman–Crippen MR) is 75.6 cm³/mol. The number of methoxy groups -OCH3 is 2. The van der Waals surface area contributed by atoms with Gasteiger partial charge < -0.3 is 14.6 Å². The molecule has 3 heteroatoms. The molecule has 0 aliphatic heterocycles. The van der Waals surface area contributed by atoms with E-state index in [1.165, 1.54) is 5.56 Å². The van der Waals surface area contributed by atoms with Gasteiger partial charge in [0.05, 0.1) is 18.8 Å². The average Bonchev–Trinajstić information content (AvgIpc) is 2.41. The Hall–Kier alpha value is -1.06. The van der Waals surface area contributed by atoms with E-state index in [0.29, 0.717) is 6.42 Å². The van der Waals surface area contributed by atoms with Gasteiger partial charge in [-0.1, -0.05) is 12.1 Å². The van der Waals surface area contributed by atoms with Crippen LogP contribution in [-0.2, 0) is 10.3 Å². The molecule has 3 nitrogen and oxygen atoms in total. The van der Waals surface area contributed by atoms with Gasteiger partial charge in [-0.05, 0) is 44.2 Å². The zero-order valence-corrected chi connectivity index (χ0v) is 12.3. The molecule has 1 N–H and O–H groups in total. The first-order valence-corrected chi connectivity index (χ1v) is 6.91. The van der Waals surface area contributed by atoms with Crippen molar-refractivity contribution in [1.82, 2.24) is 0 Å². The summed E-state index contributed by atoms with van der Waals surface area (Å²) < 4.78 is 11.0. The lowest BCUT2D eigenvalue weighted by atomic mass is 9.77.